The summed E-state index contributed by atoms with van der Waals surface area (Å²) in [5, 5.41) is 15.6. The van der Waals surface area contributed by atoms with Gasteiger partial charge in [0, 0.05) is 26.1 Å². The van der Waals surface area contributed by atoms with E-state index in [4.69, 9.17) is 0 Å². The zero-order chi connectivity index (χ0) is 12.3. The van der Waals surface area contributed by atoms with Crippen molar-refractivity contribution in [2.45, 2.75) is 25.8 Å². The van der Waals surface area contributed by atoms with Gasteiger partial charge in [-0.25, -0.2) is 0 Å². The summed E-state index contributed by atoms with van der Waals surface area (Å²) in [7, 11) is 0. The van der Waals surface area contributed by atoms with Crippen LogP contribution in [-0.2, 0) is 11.2 Å². The minimum Gasteiger partial charge on any atom is -0.508 e. The highest BCUT2D eigenvalue weighted by atomic mass is 16.3. The largest absolute Gasteiger partial charge is 0.508 e. The highest BCUT2D eigenvalue weighted by Crippen LogP contribution is 2.32. The number of carbonyl (C=O) groups is 1. The Hall–Kier alpha value is -1.55. The fourth-order valence-electron chi connectivity index (χ4n) is 2.30. The average molecular weight is 234 g/mol. The predicted molar refractivity (Wildman–Crippen MR) is 65.9 cm³/mol. The van der Waals surface area contributed by atoms with Crippen LogP contribution >= 0.6 is 0 Å². The van der Waals surface area contributed by atoms with Gasteiger partial charge in [0.1, 0.15) is 5.75 Å². The van der Waals surface area contributed by atoms with Crippen molar-refractivity contribution in [2.24, 2.45) is 0 Å². The number of amides is 1. The second kappa shape index (κ2) is 5.19. The molecule has 1 atom stereocenters. The molecule has 17 heavy (non-hydrogen) atoms. The SMILES string of the molecule is CC(=O)NCCNC1CCc2cc(O)ccc21. The number of fused-ring (bicyclic) bond motifs is 1. The summed E-state index contributed by atoms with van der Waals surface area (Å²) in [6.45, 7) is 2.94. The average Bonchev–Trinajstić information content (AvgIpc) is 2.66. The third kappa shape index (κ3) is 2.97. The molecule has 1 aromatic carbocycles. The molecule has 0 spiro atoms. The lowest BCUT2D eigenvalue weighted by Crippen LogP contribution is -2.31. The van der Waals surface area contributed by atoms with Gasteiger partial charge in [-0.2, -0.15) is 0 Å². The summed E-state index contributed by atoms with van der Waals surface area (Å²) in [6, 6.07) is 5.89. The molecule has 0 aromatic heterocycles. The molecule has 0 heterocycles. The number of phenolic OH excluding ortho intramolecular Hbond substituents is 1. The Morgan fingerprint density at radius 2 is 2.29 bits per heavy atom. The number of nitrogens with one attached hydrogen (secondary N) is 2. The van der Waals surface area contributed by atoms with Crippen molar-refractivity contribution >= 4 is 5.91 Å². The first-order chi connectivity index (χ1) is 8.16. The van der Waals surface area contributed by atoms with E-state index in [9.17, 15) is 9.90 Å². The summed E-state index contributed by atoms with van der Waals surface area (Å²) < 4.78 is 0. The van der Waals surface area contributed by atoms with E-state index in [2.05, 4.69) is 10.6 Å². The van der Waals surface area contributed by atoms with Crippen molar-refractivity contribution in [3.05, 3.63) is 29.3 Å². The van der Waals surface area contributed by atoms with Gasteiger partial charge in [-0.15, -0.1) is 0 Å². The van der Waals surface area contributed by atoms with Gasteiger partial charge >= 0.3 is 0 Å². The molecule has 0 radical (unpaired) electrons. The Morgan fingerprint density at radius 1 is 1.47 bits per heavy atom. The second-order valence-corrected chi connectivity index (χ2v) is 4.41. The molecule has 1 aromatic rings. The fourth-order valence-corrected chi connectivity index (χ4v) is 2.30. The van der Waals surface area contributed by atoms with Crippen LogP contribution in [0.25, 0.3) is 0 Å². The molecule has 0 bridgehead atoms. The molecule has 92 valence electrons. The molecule has 1 amide bonds. The van der Waals surface area contributed by atoms with Crippen LogP contribution in [0, 0.1) is 0 Å². The highest BCUT2D eigenvalue weighted by Gasteiger charge is 2.21. The first kappa shape index (κ1) is 11.9. The van der Waals surface area contributed by atoms with Crippen molar-refractivity contribution in [1.29, 1.82) is 0 Å². The first-order valence-corrected chi connectivity index (χ1v) is 5.96. The molecule has 4 heteroatoms. The highest BCUT2D eigenvalue weighted by molar-refractivity contribution is 5.72. The monoisotopic (exact) mass is 234 g/mol. The number of phenols is 1. The van der Waals surface area contributed by atoms with Crippen molar-refractivity contribution in [1.82, 2.24) is 10.6 Å². The molecule has 2 rings (SSSR count). The van der Waals surface area contributed by atoms with Crippen molar-refractivity contribution in [3.63, 3.8) is 0 Å². The minimum atomic E-state index is 0.00328. The number of aryl methyl sites for hydroxylation is 1. The van der Waals surface area contributed by atoms with E-state index >= 15 is 0 Å². The Balaban J connectivity index is 1.87. The maximum absolute atomic E-state index is 10.7. The topological polar surface area (TPSA) is 61.4 Å². The second-order valence-electron chi connectivity index (χ2n) is 4.41. The lowest BCUT2D eigenvalue weighted by atomic mass is 10.1. The molecular weight excluding hydrogens is 216 g/mol. The number of benzene rings is 1. The number of carbonyl (C=O) groups excluding carboxylic acids is 1. The van der Waals surface area contributed by atoms with Crippen LogP contribution in [0.3, 0.4) is 0 Å². The van der Waals surface area contributed by atoms with Crippen LogP contribution in [0.1, 0.15) is 30.5 Å². The zero-order valence-electron chi connectivity index (χ0n) is 9.99. The maximum Gasteiger partial charge on any atom is 0.216 e. The van der Waals surface area contributed by atoms with Crippen LogP contribution in [0.2, 0.25) is 0 Å². The van der Waals surface area contributed by atoms with Gasteiger partial charge in [0.2, 0.25) is 5.91 Å². The van der Waals surface area contributed by atoms with Gasteiger partial charge in [0.15, 0.2) is 0 Å². The normalized spacial score (nSPS) is 17.8. The number of rotatable bonds is 4. The van der Waals surface area contributed by atoms with Gasteiger partial charge in [-0.05, 0) is 36.1 Å². The van der Waals surface area contributed by atoms with Crippen molar-refractivity contribution in [3.8, 4) is 5.75 Å². The van der Waals surface area contributed by atoms with Crippen LogP contribution in [-0.4, -0.2) is 24.1 Å². The third-order valence-electron chi connectivity index (χ3n) is 3.09. The molecule has 4 nitrogen and oxygen atoms in total. The fraction of sp³-hybridized carbons (Fsp3) is 0.462. The molecular formula is C13H18N2O2. The lowest BCUT2D eigenvalue weighted by Gasteiger charge is -2.14. The van der Waals surface area contributed by atoms with E-state index < -0.39 is 0 Å². The minimum absolute atomic E-state index is 0.00328. The predicted octanol–water partition coefficient (Wildman–Crippen LogP) is 1.11. The Labute approximate surface area is 101 Å². The van der Waals surface area contributed by atoms with Crippen molar-refractivity contribution in [2.75, 3.05) is 13.1 Å². The number of hydrogen-bond donors (Lipinski definition) is 3. The molecule has 0 saturated carbocycles. The molecule has 1 aliphatic rings. The van der Waals surface area contributed by atoms with Crippen LogP contribution in [0.15, 0.2) is 18.2 Å². The quantitative estimate of drug-likeness (QED) is 0.684. The molecule has 1 unspecified atom stereocenters. The zero-order valence-corrected chi connectivity index (χ0v) is 9.99. The van der Waals surface area contributed by atoms with Gasteiger partial charge in [0.25, 0.3) is 0 Å². The summed E-state index contributed by atoms with van der Waals surface area (Å²) in [5.41, 5.74) is 2.49. The third-order valence-corrected chi connectivity index (χ3v) is 3.09. The van der Waals surface area contributed by atoms with Gasteiger partial charge in [-0.1, -0.05) is 6.07 Å². The lowest BCUT2D eigenvalue weighted by molar-refractivity contribution is -0.118. The number of hydrogen-bond acceptors (Lipinski definition) is 3. The van der Waals surface area contributed by atoms with Gasteiger partial charge in [-0.3, -0.25) is 4.79 Å². The Kier molecular flexibility index (Phi) is 3.64. The summed E-state index contributed by atoms with van der Waals surface area (Å²) in [4.78, 5) is 10.7. The van der Waals surface area contributed by atoms with Crippen LogP contribution < -0.4 is 10.6 Å². The van der Waals surface area contributed by atoms with Gasteiger partial charge < -0.3 is 15.7 Å². The van der Waals surface area contributed by atoms with E-state index in [1.165, 1.54) is 18.1 Å². The Bertz CT molecular complexity index is 418. The van der Waals surface area contributed by atoms with E-state index in [0.29, 0.717) is 18.3 Å². The van der Waals surface area contributed by atoms with E-state index in [1.54, 1.807) is 6.07 Å². The standard InChI is InChI=1S/C13H18N2O2/c1-9(16)14-6-7-15-13-5-2-10-8-11(17)3-4-12(10)13/h3-4,8,13,15,17H,2,5-7H2,1H3,(H,14,16). The van der Waals surface area contributed by atoms with E-state index in [-0.39, 0.29) is 5.91 Å². The molecule has 3 N–H and O–H groups in total. The Morgan fingerprint density at radius 3 is 3.06 bits per heavy atom. The summed E-state index contributed by atoms with van der Waals surface area (Å²) >= 11 is 0. The smallest absolute Gasteiger partial charge is 0.216 e. The first-order valence-electron chi connectivity index (χ1n) is 5.96. The number of aromatic hydroxyl groups is 1. The summed E-state index contributed by atoms with van der Waals surface area (Å²) in [5.74, 6) is 0.339. The van der Waals surface area contributed by atoms with Crippen LogP contribution in [0.5, 0.6) is 5.75 Å². The van der Waals surface area contributed by atoms with E-state index in [1.807, 2.05) is 12.1 Å². The molecule has 0 fully saturated rings. The van der Waals surface area contributed by atoms with Gasteiger partial charge in [0.05, 0.1) is 0 Å². The van der Waals surface area contributed by atoms with Crippen LogP contribution in [0.4, 0.5) is 0 Å². The molecule has 0 saturated heterocycles. The van der Waals surface area contributed by atoms with E-state index in [0.717, 1.165) is 19.4 Å². The van der Waals surface area contributed by atoms with Crippen molar-refractivity contribution < 1.29 is 9.90 Å². The maximum atomic E-state index is 10.7. The summed E-state index contributed by atoms with van der Waals surface area (Å²) in [6.07, 6.45) is 2.06. The molecule has 0 aliphatic heterocycles. The molecule has 1 aliphatic carbocycles.